The second-order valence-electron chi connectivity index (χ2n) is 7.39. The van der Waals surface area contributed by atoms with Crippen molar-refractivity contribution in [2.75, 3.05) is 36.0 Å². The van der Waals surface area contributed by atoms with Gasteiger partial charge in [0.2, 0.25) is 5.91 Å². The van der Waals surface area contributed by atoms with Gasteiger partial charge in [0.05, 0.1) is 30.1 Å². The summed E-state index contributed by atoms with van der Waals surface area (Å²) in [5, 5.41) is 2.68. The average Bonchev–Trinajstić information content (AvgIpc) is 3.16. The average molecular weight is 377 g/mol. The smallest absolute Gasteiger partial charge is 0.414 e. The molecule has 4 rings (SSSR count). The lowest BCUT2D eigenvalue weighted by molar-refractivity contribution is -0.119. The predicted octanol–water partition coefficient (Wildman–Crippen LogP) is 2.04. The number of nitrogens with one attached hydrogen (secondary N) is 1. The van der Waals surface area contributed by atoms with Gasteiger partial charge in [-0.2, -0.15) is 0 Å². The first-order valence-electron chi connectivity index (χ1n) is 9.42. The quantitative estimate of drug-likeness (QED) is 0.850. The third-order valence-electron chi connectivity index (χ3n) is 5.34. The van der Waals surface area contributed by atoms with Crippen LogP contribution in [-0.2, 0) is 14.3 Å². The summed E-state index contributed by atoms with van der Waals surface area (Å²) in [4.78, 5) is 26.5. The number of carbonyl (C=O) groups excluding carboxylic acids is 2. The van der Waals surface area contributed by atoms with Crippen LogP contribution in [0.1, 0.15) is 26.2 Å². The van der Waals surface area contributed by atoms with Crippen molar-refractivity contribution in [2.45, 2.75) is 44.5 Å². The molecule has 2 amide bonds. The number of hydrogen-bond acceptors (Lipinski definition) is 5. The number of hydrogen-bond donors (Lipinski definition) is 1. The maximum atomic E-state index is 14.8. The van der Waals surface area contributed by atoms with Crippen molar-refractivity contribution in [2.24, 2.45) is 0 Å². The van der Waals surface area contributed by atoms with Gasteiger partial charge >= 0.3 is 6.09 Å². The molecule has 3 fully saturated rings. The van der Waals surface area contributed by atoms with Crippen LogP contribution in [0.2, 0.25) is 0 Å². The monoisotopic (exact) mass is 377 g/mol. The number of halogens is 1. The first kappa shape index (κ1) is 18.0. The number of morpholine rings is 1. The van der Waals surface area contributed by atoms with Crippen molar-refractivity contribution in [3.63, 3.8) is 0 Å². The molecular formula is C19H24FN3O4. The number of anilines is 2. The SMILES string of the molecule is CC(=O)NCC[C@H]1CN(c2ccc(N3CC4CCC(C3)O4)c(F)c2)C(=O)O1. The second kappa shape index (κ2) is 7.34. The first-order chi connectivity index (χ1) is 13.0. The maximum absolute atomic E-state index is 14.8. The molecule has 0 aromatic heterocycles. The summed E-state index contributed by atoms with van der Waals surface area (Å²) < 4.78 is 25.9. The van der Waals surface area contributed by atoms with Crippen molar-refractivity contribution in [3.05, 3.63) is 24.0 Å². The van der Waals surface area contributed by atoms with Crippen molar-refractivity contribution in [1.29, 1.82) is 0 Å². The minimum absolute atomic E-state index is 0.120. The highest BCUT2D eigenvalue weighted by Gasteiger charge is 2.36. The van der Waals surface area contributed by atoms with Crippen LogP contribution in [0.4, 0.5) is 20.6 Å². The fourth-order valence-electron chi connectivity index (χ4n) is 4.02. The van der Waals surface area contributed by atoms with Crippen LogP contribution in [0.25, 0.3) is 0 Å². The van der Waals surface area contributed by atoms with Gasteiger partial charge in [0.25, 0.3) is 0 Å². The van der Waals surface area contributed by atoms with E-state index < -0.39 is 6.09 Å². The largest absolute Gasteiger partial charge is 0.444 e. The molecule has 7 nitrogen and oxygen atoms in total. The minimum Gasteiger partial charge on any atom is -0.444 e. The molecule has 146 valence electrons. The molecule has 0 spiro atoms. The van der Waals surface area contributed by atoms with Gasteiger partial charge in [0.1, 0.15) is 11.9 Å². The Morgan fingerprint density at radius 3 is 2.67 bits per heavy atom. The zero-order valence-corrected chi connectivity index (χ0v) is 15.3. The van der Waals surface area contributed by atoms with Gasteiger partial charge in [-0.15, -0.1) is 0 Å². The molecule has 1 N–H and O–H groups in total. The topological polar surface area (TPSA) is 71.1 Å². The molecule has 0 radical (unpaired) electrons. The van der Waals surface area contributed by atoms with E-state index in [0.717, 1.165) is 12.8 Å². The summed E-state index contributed by atoms with van der Waals surface area (Å²) in [5.74, 6) is -0.464. The molecule has 2 bridgehead atoms. The number of benzene rings is 1. The molecule has 2 unspecified atom stereocenters. The minimum atomic E-state index is -0.487. The number of cyclic esters (lactones) is 1. The molecular weight excluding hydrogens is 353 g/mol. The summed E-state index contributed by atoms with van der Waals surface area (Å²) in [5.41, 5.74) is 1.04. The van der Waals surface area contributed by atoms with Crippen LogP contribution < -0.4 is 15.1 Å². The van der Waals surface area contributed by atoms with Crippen LogP contribution in [0, 0.1) is 5.82 Å². The molecule has 27 heavy (non-hydrogen) atoms. The van der Waals surface area contributed by atoms with Crippen molar-refractivity contribution < 1.29 is 23.5 Å². The van der Waals surface area contributed by atoms with E-state index in [1.165, 1.54) is 17.9 Å². The van der Waals surface area contributed by atoms with E-state index in [9.17, 15) is 14.0 Å². The van der Waals surface area contributed by atoms with Crippen molar-refractivity contribution >= 4 is 23.4 Å². The maximum Gasteiger partial charge on any atom is 0.414 e. The van der Waals surface area contributed by atoms with Gasteiger partial charge < -0.3 is 19.7 Å². The molecule has 3 heterocycles. The number of carbonyl (C=O) groups is 2. The number of fused-ring (bicyclic) bond motifs is 2. The summed E-state index contributed by atoms with van der Waals surface area (Å²) in [6.45, 7) is 3.62. The summed E-state index contributed by atoms with van der Waals surface area (Å²) >= 11 is 0. The van der Waals surface area contributed by atoms with Gasteiger partial charge in [-0.25, -0.2) is 9.18 Å². The fourth-order valence-corrected chi connectivity index (χ4v) is 4.02. The number of nitrogens with zero attached hydrogens (tertiary/aromatic N) is 2. The second-order valence-corrected chi connectivity index (χ2v) is 7.39. The van der Waals surface area contributed by atoms with E-state index in [1.54, 1.807) is 12.1 Å². The van der Waals surface area contributed by atoms with E-state index >= 15 is 0 Å². The van der Waals surface area contributed by atoms with Crippen molar-refractivity contribution in [3.8, 4) is 0 Å². The highest BCUT2D eigenvalue weighted by molar-refractivity contribution is 5.90. The molecule has 0 saturated carbocycles. The molecule has 0 aliphatic carbocycles. The summed E-state index contributed by atoms with van der Waals surface area (Å²) in [6, 6.07) is 4.88. The number of ether oxygens (including phenoxy) is 2. The van der Waals surface area contributed by atoms with Gasteiger partial charge in [-0.3, -0.25) is 9.69 Å². The molecule has 8 heteroatoms. The van der Waals surface area contributed by atoms with Crippen LogP contribution in [0.15, 0.2) is 18.2 Å². The summed E-state index contributed by atoms with van der Waals surface area (Å²) in [6.07, 6.45) is 2.14. The Hall–Kier alpha value is -2.35. The van der Waals surface area contributed by atoms with Crippen LogP contribution in [0.3, 0.4) is 0 Å². The van der Waals surface area contributed by atoms with Gasteiger partial charge in [-0.1, -0.05) is 0 Å². The third-order valence-corrected chi connectivity index (χ3v) is 5.34. The Morgan fingerprint density at radius 2 is 2.00 bits per heavy atom. The van der Waals surface area contributed by atoms with Crippen molar-refractivity contribution in [1.82, 2.24) is 5.32 Å². The molecule has 3 atom stereocenters. The lowest BCUT2D eigenvalue weighted by Gasteiger charge is -2.34. The van der Waals surface area contributed by atoms with Crippen LogP contribution >= 0.6 is 0 Å². The lowest BCUT2D eigenvalue weighted by Crippen LogP contribution is -2.43. The van der Waals surface area contributed by atoms with Crippen LogP contribution in [0.5, 0.6) is 0 Å². The van der Waals surface area contributed by atoms with Gasteiger partial charge in [-0.05, 0) is 31.0 Å². The Bertz CT molecular complexity index is 732. The number of amides is 2. The highest BCUT2D eigenvalue weighted by atomic mass is 19.1. The number of rotatable bonds is 5. The Labute approximate surface area is 157 Å². The predicted molar refractivity (Wildman–Crippen MR) is 97.4 cm³/mol. The van der Waals surface area contributed by atoms with E-state index in [2.05, 4.69) is 5.32 Å². The van der Waals surface area contributed by atoms with E-state index in [0.29, 0.717) is 44.0 Å². The zero-order valence-electron chi connectivity index (χ0n) is 15.3. The Morgan fingerprint density at radius 1 is 1.26 bits per heavy atom. The Kier molecular flexibility index (Phi) is 4.90. The molecule has 3 aliphatic heterocycles. The molecule has 1 aromatic rings. The molecule has 3 aliphatic rings. The fraction of sp³-hybridized carbons (Fsp3) is 0.579. The highest BCUT2D eigenvalue weighted by Crippen LogP contribution is 2.33. The summed E-state index contributed by atoms with van der Waals surface area (Å²) in [7, 11) is 0. The zero-order chi connectivity index (χ0) is 19.0. The molecule has 3 saturated heterocycles. The molecule has 1 aromatic carbocycles. The van der Waals surface area contributed by atoms with E-state index in [1.807, 2.05) is 4.90 Å². The van der Waals surface area contributed by atoms with E-state index in [4.69, 9.17) is 9.47 Å². The first-order valence-corrected chi connectivity index (χ1v) is 9.42. The van der Waals surface area contributed by atoms with Gasteiger partial charge in [0.15, 0.2) is 0 Å². The standard InChI is InChI=1S/C19H24FN3O4/c1-12(24)21-7-6-16-11-23(19(25)27-16)13-2-5-18(17(20)8-13)22-9-14-3-4-15(10-22)26-14/h2,5,8,14-16H,3-4,6-7,9-11H2,1H3,(H,21,24)/t14?,15?,16-/m0/s1. The van der Waals surface area contributed by atoms with Crippen LogP contribution in [-0.4, -0.2) is 56.5 Å². The lowest BCUT2D eigenvalue weighted by atomic mass is 10.2. The third kappa shape index (κ3) is 3.85. The van der Waals surface area contributed by atoms with E-state index in [-0.39, 0.29) is 30.0 Å². The normalized spacial score (nSPS) is 27.0. The Balaban J connectivity index is 1.41. The van der Waals surface area contributed by atoms with Gasteiger partial charge in [0, 0.05) is 33.0 Å².